The summed E-state index contributed by atoms with van der Waals surface area (Å²) >= 11 is 0. The van der Waals surface area contributed by atoms with Gasteiger partial charge in [-0.1, -0.05) is 60.2 Å². The Morgan fingerprint density at radius 2 is 1.56 bits per heavy atom. The van der Waals surface area contributed by atoms with Crippen molar-refractivity contribution in [1.82, 2.24) is 10.2 Å². The molecule has 0 bridgehead atoms. The highest BCUT2D eigenvalue weighted by molar-refractivity contribution is 7.92. The van der Waals surface area contributed by atoms with Crippen LogP contribution in [0, 0.1) is 6.92 Å². The van der Waals surface area contributed by atoms with Gasteiger partial charge < -0.3 is 15.0 Å². The van der Waals surface area contributed by atoms with E-state index < -0.39 is 16.1 Å². The number of likely N-dealkylation sites (N-methyl/N-ethyl adjacent to an activating group) is 1. The fraction of sp³-hybridized carbons (Fsp3) is 0.375. The Morgan fingerprint density at radius 1 is 0.902 bits per heavy atom. The second kappa shape index (κ2) is 15.2. The molecule has 220 valence electrons. The number of amides is 2. The van der Waals surface area contributed by atoms with Crippen molar-refractivity contribution in [3.8, 4) is 5.75 Å². The van der Waals surface area contributed by atoms with Crippen molar-refractivity contribution in [2.24, 2.45) is 0 Å². The molecule has 41 heavy (non-hydrogen) atoms. The first-order valence-corrected chi connectivity index (χ1v) is 15.8. The van der Waals surface area contributed by atoms with E-state index >= 15 is 0 Å². The summed E-state index contributed by atoms with van der Waals surface area (Å²) in [5.74, 6) is 0.225. The topological polar surface area (TPSA) is 96.0 Å². The van der Waals surface area contributed by atoms with Crippen LogP contribution < -0.4 is 14.4 Å². The van der Waals surface area contributed by atoms with E-state index in [2.05, 4.69) is 5.32 Å². The van der Waals surface area contributed by atoms with Crippen LogP contribution in [0.2, 0.25) is 0 Å². The lowest BCUT2D eigenvalue weighted by atomic mass is 10.0. The smallest absolute Gasteiger partial charge is 0.243 e. The predicted octanol–water partition coefficient (Wildman–Crippen LogP) is 4.72. The van der Waals surface area contributed by atoms with Gasteiger partial charge in [0.05, 0.1) is 18.6 Å². The minimum Gasteiger partial charge on any atom is -0.494 e. The maximum Gasteiger partial charge on any atom is 0.243 e. The molecule has 3 rings (SSSR count). The van der Waals surface area contributed by atoms with Crippen LogP contribution in [-0.4, -0.2) is 57.1 Å². The van der Waals surface area contributed by atoms with Gasteiger partial charge in [0.15, 0.2) is 0 Å². The quantitative estimate of drug-likeness (QED) is 0.281. The number of anilines is 1. The Morgan fingerprint density at radius 3 is 2.15 bits per heavy atom. The van der Waals surface area contributed by atoms with Crippen LogP contribution in [0.25, 0.3) is 0 Å². The van der Waals surface area contributed by atoms with E-state index in [0.717, 1.165) is 22.9 Å². The van der Waals surface area contributed by atoms with Gasteiger partial charge in [-0.15, -0.1) is 0 Å². The zero-order valence-electron chi connectivity index (χ0n) is 24.4. The molecule has 0 saturated heterocycles. The van der Waals surface area contributed by atoms with E-state index in [9.17, 15) is 18.0 Å². The lowest BCUT2D eigenvalue weighted by molar-refractivity contribution is -0.141. The van der Waals surface area contributed by atoms with Crippen LogP contribution in [0.5, 0.6) is 5.75 Å². The monoisotopic (exact) mass is 579 g/mol. The van der Waals surface area contributed by atoms with Gasteiger partial charge in [0.2, 0.25) is 21.8 Å². The van der Waals surface area contributed by atoms with Crippen molar-refractivity contribution >= 4 is 27.5 Å². The highest BCUT2D eigenvalue weighted by Gasteiger charge is 2.30. The second-order valence-electron chi connectivity index (χ2n) is 9.97. The molecule has 0 aliphatic heterocycles. The van der Waals surface area contributed by atoms with Crippen LogP contribution in [0.3, 0.4) is 0 Å². The highest BCUT2D eigenvalue weighted by Crippen LogP contribution is 2.23. The van der Waals surface area contributed by atoms with Crippen molar-refractivity contribution in [2.75, 3.05) is 30.3 Å². The molecule has 9 heteroatoms. The highest BCUT2D eigenvalue weighted by atomic mass is 32.2. The number of nitrogens with zero attached hydrogens (tertiary/aromatic N) is 2. The van der Waals surface area contributed by atoms with Crippen LogP contribution >= 0.6 is 0 Å². The van der Waals surface area contributed by atoms with Gasteiger partial charge in [0, 0.05) is 32.5 Å². The summed E-state index contributed by atoms with van der Waals surface area (Å²) in [6.07, 6.45) is 1.89. The third-order valence-corrected chi connectivity index (χ3v) is 7.88. The lowest BCUT2D eigenvalue weighted by Gasteiger charge is -2.32. The molecule has 3 aromatic carbocycles. The van der Waals surface area contributed by atoms with Crippen LogP contribution in [0.4, 0.5) is 5.69 Å². The molecule has 0 unspecified atom stereocenters. The van der Waals surface area contributed by atoms with Crippen LogP contribution in [0.15, 0.2) is 78.9 Å². The molecule has 3 aromatic rings. The Kier molecular flexibility index (Phi) is 11.8. The molecule has 0 heterocycles. The summed E-state index contributed by atoms with van der Waals surface area (Å²) in [6.45, 7) is 7.08. The number of carbonyl (C=O) groups is 2. The second-order valence-corrected chi connectivity index (χ2v) is 11.9. The summed E-state index contributed by atoms with van der Waals surface area (Å²) in [6, 6.07) is 23.7. The van der Waals surface area contributed by atoms with E-state index in [0.29, 0.717) is 31.0 Å². The van der Waals surface area contributed by atoms with E-state index in [1.807, 2.05) is 75.4 Å². The molecule has 1 atom stereocenters. The number of nitrogens with one attached hydrogen (secondary N) is 1. The van der Waals surface area contributed by atoms with Gasteiger partial charge in [-0.3, -0.25) is 13.9 Å². The van der Waals surface area contributed by atoms with Crippen molar-refractivity contribution in [3.63, 3.8) is 0 Å². The van der Waals surface area contributed by atoms with E-state index in [4.69, 9.17) is 4.74 Å². The number of ether oxygens (including phenoxy) is 1. The van der Waals surface area contributed by atoms with E-state index in [-0.39, 0.29) is 37.7 Å². The molecule has 0 spiro atoms. The van der Waals surface area contributed by atoms with Gasteiger partial charge in [-0.25, -0.2) is 8.42 Å². The third-order valence-electron chi connectivity index (χ3n) is 6.68. The zero-order chi connectivity index (χ0) is 29.8. The van der Waals surface area contributed by atoms with Crippen molar-refractivity contribution < 1.29 is 22.7 Å². The average molecular weight is 580 g/mol. The van der Waals surface area contributed by atoms with E-state index in [1.54, 1.807) is 29.2 Å². The molecule has 0 aromatic heterocycles. The molecular weight excluding hydrogens is 538 g/mol. The molecular formula is C32H41N3O5S. The number of carbonyl (C=O) groups excluding carboxylic acids is 2. The maximum atomic E-state index is 13.8. The Bertz CT molecular complexity index is 1360. The number of hydrogen-bond donors (Lipinski definition) is 1. The fourth-order valence-corrected chi connectivity index (χ4v) is 5.58. The molecule has 1 N–H and O–H groups in total. The maximum absolute atomic E-state index is 13.8. The largest absolute Gasteiger partial charge is 0.494 e. The molecule has 0 fully saturated rings. The van der Waals surface area contributed by atoms with Crippen molar-refractivity contribution in [3.05, 3.63) is 95.6 Å². The zero-order valence-corrected chi connectivity index (χ0v) is 25.2. The average Bonchev–Trinajstić information content (AvgIpc) is 2.94. The molecule has 0 saturated carbocycles. The predicted molar refractivity (Wildman–Crippen MR) is 163 cm³/mol. The normalized spacial score (nSPS) is 11.9. The van der Waals surface area contributed by atoms with Gasteiger partial charge in [0.1, 0.15) is 11.8 Å². The number of aryl methyl sites for hydroxylation is 1. The summed E-state index contributed by atoms with van der Waals surface area (Å²) in [5, 5.41) is 2.89. The Hall–Kier alpha value is -3.85. The molecule has 0 aliphatic carbocycles. The summed E-state index contributed by atoms with van der Waals surface area (Å²) in [4.78, 5) is 28.7. The fourth-order valence-electron chi connectivity index (χ4n) is 4.62. The van der Waals surface area contributed by atoms with E-state index in [1.165, 1.54) is 4.31 Å². The van der Waals surface area contributed by atoms with Gasteiger partial charge >= 0.3 is 0 Å². The summed E-state index contributed by atoms with van der Waals surface area (Å²) in [5.41, 5.74) is 3.47. The van der Waals surface area contributed by atoms with Crippen LogP contribution in [0.1, 0.15) is 43.4 Å². The number of rotatable bonds is 15. The molecule has 0 radical (unpaired) electrons. The molecule has 0 aliphatic rings. The first-order chi connectivity index (χ1) is 19.6. The van der Waals surface area contributed by atoms with Crippen molar-refractivity contribution in [2.45, 2.75) is 52.6 Å². The number of benzene rings is 3. The van der Waals surface area contributed by atoms with Gasteiger partial charge in [-0.2, -0.15) is 0 Å². The summed E-state index contributed by atoms with van der Waals surface area (Å²) in [7, 11) is -3.59. The standard InChI is InChI=1S/C32H41N3O5S/c1-5-33-32(37)30(23-26-11-8-7-9-12-26)34(24-27-16-14-25(3)15-17-27)31(36)13-10-22-35(41(4,38)39)28-18-20-29(21-19-28)40-6-2/h7-9,11-12,14-21,30H,5-6,10,13,22-24H2,1-4H3,(H,33,37)/t30-/m1/s1. The van der Waals surface area contributed by atoms with Gasteiger partial charge in [0.25, 0.3) is 0 Å². The Labute approximate surface area is 244 Å². The van der Waals surface area contributed by atoms with Crippen molar-refractivity contribution in [1.29, 1.82) is 0 Å². The lowest BCUT2D eigenvalue weighted by Crippen LogP contribution is -2.50. The Balaban J connectivity index is 1.83. The minimum absolute atomic E-state index is 0.0829. The summed E-state index contributed by atoms with van der Waals surface area (Å²) < 4.78 is 32.0. The molecule has 2 amide bonds. The number of hydrogen-bond acceptors (Lipinski definition) is 5. The van der Waals surface area contributed by atoms with Crippen LogP contribution in [-0.2, 0) is 32.6 Å². The van der Waals surface area contributed by atoms with Gasteiger partial charge in [-0.05, 0) is 62.6 Å². The first kappa shape index (κ1) is 31.7. The minimum atomic E-state index is -3.59. The number of sulfonamides is 1. The first-order valence-electron chi connectivity index (χ1n) is 14.0. The molecule has 8 nitrogen and oxygen atoms in total. The third kappa shape index (κ3) is 9.63. The SMILES string of the molecule is CCNC(=O)[C@@H](Cc1ccccc1)N(Cc1ccc(C)cc1)C(=O)CCCN(c1ccc(OCC)cc1)S(C)(=O)=O.